The third-order valence-corrected chi connectivity index (χ3v) is 7.66. The van der Waals surface area contributed by atoms with E-state index in [0.29, 0.717) is 10.6 Å². The monoisotopic (exact) mass is 465 g/mol. The van der Waals surface area contributed by atoms with E-state index in [0.717, 1.165) is 9.36 Å². The minimum atomic E-state index is -4.15. The number of aromatic nitrogens is 2. The average Bonchev–Trinajstić information content (AvgIpc) is 3.12. The van der Waals surface area contributed by atoms with Gasteiger partial charge in [0.25, 0.3) is 11.1 Å². The molecule has 0 fully saturated rings. The molecule has 2 N–H and O–H groups in total. The van der Waals surface area contributed by atoms with Crippen LogP contribution in [0.2, 0.25) is 5.02 Å². The Hall–Kier alpha value is -3.62. The molecule has 0 radical (unpaired) electrons. The third kappa shape index (κ3) is 2.84. The number of nitrogens with two attached hydrogens (primary N) is 1. The second-order valence-corrected chi connectivity index (χ2v) is 9.69. The zero-order chi connectivity index (χ0) is 22.6. The quantitative estimate of drug-likeness (QED) is 0.501. The lowest BCUT2D eigenvalue weighted by atomic mass is 10.1. The molecule has 5 rings (SSSR count). The van der Waals surface area contributed by atoms with Crippen molar-refractivity contribution >= 4 is 38.0 Å². The van der Waals surface area contributed by atoms with Crippen LogP contribution in [0.4, 0.5) is 0 Å². The second kappa shape index (κ2) is 7.22. The summed E-state index contributed by atoms with van der Waals surface area (Å²) < 4.78 is 29.4. The summed E-state index contributed by atoms with van der Waals surface area (Å²) in [5.74, 6) is -0.304. The summed E-state index contributed by atoms with van der Waals surface area (Å²) in [6, 6.07) is 19.4. The zero-order valence-corrected chi connectivity index (χ0v) is 18.0. The van der Waals surface area contributed by atoms with Crippen LogP contribution in [-0.2, 0) is 9.84 Å². The number of benzene rings is 3. The summed E-state index contributed by atoms with van der Waals surface area (Å²) in [6.45, 7) is 0. The predicted molar refractivity (Wildman–Crippen MR) is 123 cm³/mol. The highest BCUT2D eigenvalue weighted by Crippen LogP contribution is 2.39. The van der Waals surface area contributed by atoms with Crippen molar-refractivity contribution < 1.29 is 8.42 Å². The molecular weight excluding hydrogens is 450 g/mol. The summed E-state index contributed by atoms with van der Waals surface area (Å²) in [4.78, 5) is 26.5. The van der Waals surface area contributed by atoms with Gasteiger partial charge >= 0.3 is 0 Å². The largest absolute Gasteiger partial charge is 0.383 e. The van der Waals surface area contributed by atoms with Gasteiger partial charge in [0.1, 0.15) is 16.8 Å². The Balaban J connectivity index is 1.92. The lowest BCUT2D eigenvalue weighted by molar-refractivity contribution is 0.535. The van der Waals surface area contributed by atoms with Crippen LogP contribution in [0.3, 0.4) is 0 Å². The van der Waals surface area contributed by atoms with Crippen molar-refractivity contribution in [3.8, 4) is 0 Å². The van der Waals surface area contributed by atoms with E-state index in [1.807, 2.05) is 0 Å². The minimum absolute atomic E-state index is 0.00960. The molecule has 1 aliphatic rings. The van der Waals surface area contributed by atoms with E-state index >= 15 is 0 Å². The van der Waals surface area contributed by atoms with Crippen LogP contribution in [0.15, 0.2) is 98.3 Å². The van der Waals surface area contributed by atoms with E-state index in [4.69, 9.17) is 17.3 Å². The van der Waals surface area contributed by atoms with Gasteiger partial charge in [-0.25, -0.2) is 13.1 Å². The summed E-state index contributed by atoms with van der Waals surface area (Å²) in [7, 11) is -4.15. The summed E-state index contributed by atoms with van der Waals surface area (Å²) in [5, 5.41) is 0.781. The fourth-order valence-corrected chi connectivity index (χ4v) is 5.83. The number of hydrogen-bond acceptors (Lipinski definition) is 5. The van der Waals surface area contributed by atoms with Crippen molar-refractivity contribution in [2.75, 3.05) is 0 Å². The van der Waals surface area contributed by atoms with Gasteiger partial charge in [0.05, 0.1) is 15.7 Å². The molecule has 4 aromatic rings. The van der Waals surface area contributed by atoms with Crippen molar-refractivity contribution in [1.82, 2.24) is 9.36 Å². The molecule has 1 aromatic heterocycles. The van der Waals surface area contributed by atoms with Gasteiger partial charge in [0.2, 0.25) is 9.84 Å². The van der Waals surface area contributed by atoms with E-state index in [-0.39, 0.29) is 26.4 Å². The molecule has 7 nitrogen and oxygen atoms in total. The Kier molecular flexibility index (Phi) is 4.58. The molecule has 3 aromatic carbocycles. The van der Waals surface area contributed by atoms with Gasteiger partial charge in [-0.05, 0) is 42.0 Å². The van der Waals surface area contributed by atoms with Gasteiger partial charge < -0.3 is 5.73 Å². The van der Waals surface area contributed by atoms with Gasteiger partial charge in [-0.3, -0.25) is 9.59 Å². The first-order valence-electron chi connectivity index (χ1n) is 9.64. The number of rotatable bonds is 3. The van der Waals surface area contributed by atoms with E-state index < -0.39 is 27.0 Å². The number of hydrogen-bond donors (Lipinski definition) is 1. The van der Waals surface area contributed by atoms with Crippen LogP contribution in [-0.4, -0.2) is 17.8 Å². The first-order chi connectivity index (χ1) is 15.3. The SMILES string of the molecule is NC1=C(S(=O)(=O)c2ccccc2)C(c2ccc(Cl)cc2)n2c(=O)c3ccccc3c(=O)n21. The molecule has 0 amide bonds. The van der Waals surface area contributed by atoms with E-state index in [1.165, 1.54) is 24.3 Å². The maximum Gasteiger partial charge on any atom is 0.279 e. The van der Waals surface area contributed by atoms with Gasteiger partial charge in [-0.2, -0.15) is 4.68 Å². The van der Waals surface area contributed by atoms with Crippen molar-refractivity contribution in [1.29, 1.82) is 0 Å². The first kappa shape index (κ1) is 20.3. The highest BCUT2D eigenvalue weighted by Gasteiger charge is 2.41. The van der Waals surface area contributed by atoms with Crippen LogP contribution in [0, 0.1) is 0 Å². The second-order valence-electron chi connectivity index (χ2n) is 7.33. The van der Waals surface area contributed by atoms with Crippen LogP contribution < -0.4 is 16.9 Å². The Morgan fingerprint density at radius 2 is 1.34 bits per heavy atom. The molecule has 1 aliphatic heterocycles. The molecule has 0 aliphatic carbocycles. The van der Waals surface area contributed by atoms with Crippen molar-refractivity contribution in [3.05, 3.63) is 115 Å². The summed E-state index contributed by atoms with van der Waals surface area (Å²) in [5.41, 5.74) is 5.66. The molecule has 1 atom stereocenters. The molecule has 160 valence electrons. The number of halogens is 1. The van der Waals surface area contributed by atoms with Crippen LogP contribution in [0.1, 0.15) is 11.6 Å². The molecule has 1 unspecified atom stereocenters. The van der Waals surface area contributed by atoms with Crippen LogP contribution in [0.25, 0.3) is 16.6 Å². The Bertz CT molecular complexity index is 1640. The minimum Gasteiger partial charge on any atom is -0.383 e. The van der Waals surface area contributed by atoms with Crippen molar-refractivity contribution in [2.24, 2.45) is 5.73 Å². The van der Waals surface area contributed by atoms with Crippen LogP contribution in [0.5, 0.6) is 0 Å². The van der Waals surface area contributed by atoms with Gasteiger partial charge in [0, 0.05) is 5.02 Å². The van der Waals surface area contributed by atoms with Gasteiger partial charge in [0.15, 0.2) is 0 Å². The highest BCUT2D eigenvalue weighted by molar-refractivity contribution is 7.95. The Morgan fingerprint density at radius 3 is 1.97 bits per heavy atom. The maximum atomic E-state index is 13.7. The molecule has 0 bridgehead atoms. The van der Waals surface area contributed by atoms with Crippen LogP contribution >= 0.6 is 11.6 Å². The molecule has 9 heteroatoms. The standard InChI is InChI=1S/C23H16ClN3O4S/c24-15-12-10-14(11-13-15)19-20(32(30,31)16-6-2-1-3-7-16)21(25)27-23(29)18-9-5-4-8-17(18)22(28)26(19)27/h1-13,19H,25H2. The van der Waals surface area contributed by atoms with E-state index in [1.54, 1.807) is 54.6 Å². The molecule has 0 spiro atoms. The normalized spacial score (nSPS) is 15.8. The lowest BCUT2D eigenvalue weighted by Crippen LogP contribution is -2.38. The topological polar surface area (TPSA) is 104 Å². The maximum absolute atomic E-state index is 13.7. The fraction of sp³-hybridized carbons (Fsp3) is 0.0435. The smallest absolute Gasteiger partial charge is 0.279 e. The number of fused-ring (bicyclic) bond motifs is 2. The summed E-state index contributed by atoms with van der Waals surface area (Å²) >= 11 is 6.03. The van der Waals surface area contributed by atoms with Gasteiger partial charge in [-0.1, -0.05) is 54.1 Å². The third-order valence-electron chi connectivity index (χ3n) is 5.51. The predicted octanol–water partition coefficient (Wildman–Crippen LogP) is 2.98. The molecular formula is C23H16ClN3O4S. The Morgan fingerprint density at radius 1 is 0.781 bits per heavy atom. The number of allylic oxidation sites excluding steroid dienone is 1. The number of sulfone groups is 1. The molecule has 0 saturated heterocycles. The molecule has 2 heterocycles. The van der Waals surface area contributed by atoms with Gasteiger partial charge in [-0.15, -0.1) is 0 Å². The number of nitrogens with zero attached hydrogens (tertiary/aromatic N) is 2. The molecule has 0 saturated carbocycles. The van der Waals surface area contributed by atoms with Crippen molar-refractivity contribution in [3.63, 3.8) is 0 Å². The average molecular weight is 466 g/mol. The van der Waals surface area contributed by atoms with E-state index in [9.17, 15) is 18.0 Å². The van der Waals surface area contributed by atoms with Crippen molar-refractivity contribution in [2.45, 2.75) is 10.9 Å². The summed E-state index contributed by atoms with van der Waals surface area (Å²) in [6.07, 6.45) is 0. The van der Waals surface area contributed by atoms with E-state index in [2.05, 4.69) is 0 Å². The highest BCUT2D eigenvalue weighted by atomic mass is 35.5. The molecule has 32 heavy (non-hydrogen) atoms. The first-order valence-corrected chi connectivity index (χ1v) is 11.5. The lowest BCUT2D eigenvalue weighted by Gasteiger charge is -2.19. The fourth-order valence-electron chi connectivity index (χ4n) is 4.04. The Labute approximate surface area is 187 Å². The zero-order valence-electron chi connectivity index (χ0n) is 16.5.